The smallest absolute Gasteiger partial charge is 0.268 e. The van der Waals surface area contributed by atoms with Crippen LogP contribution in [-0.4, -0.2) is 31.6 Å². The topological polar surface area (TPSA) is 89.8 Å². The Kier molecular flexibility index (Phi) is 7.70. The van der Waals surface area contributed by atoms with Crippen LogP contribution in [0.15, 0.2) is 77.0 Å². The Balaban J connectivity index is 1.69. The van der Waals surface area contributed by atoms with Gasteiger partial charge in [0.25, 0.3) is 11.8 Å². The molecule has 32 heavy (non-hydrogen) atoms. The van der Waals surface area contributed by atoms with Crippen molar-refractivity contribution in [2.45, 2.75) is 19.9 Å². The molecule has 0 spiro atoms. The summed E-state index contributed by atoms with van der Waals surface area (Å²) in [6.07, 6.45) is 2.98. The summed E-state index contributed by atoms with van der Waals surface area (Å²) in [5.41, 5.74) is 1.46. The van der Waals surface area contributed by atoms with Crippen molar-refractivity contribution in [1.82, 2.24) is 10.6 Å². The van der Waals surface area contributed by atoms with Crippen LogP contribution in [0.1, 0.15) is 28.6 Å². The first-order valence-electron chi connectivity index (χ1n) is 10.2. The molecule has 0 aliphatic carbocycles. The van der Waals surface area contributed by atoms with E-state index in [4.69, 9.17) is 13.9 Å². The van der Waals surface area contributed by atoms with Crippen molar-refractivity contribution >= 4 is 17.9 Å². The van der Waals surface area contributed by atoms with Crippen LogP contribution in [0.5, 0.6) is 11.5 Å². The Bertz CT molecular complexity index is 1090. The van der Waals surface area contributed by atoms with Crippen LogP contribution in [0.4, 0.5) is 0 Å². The second-order valence-electron chi connectivity index (χ2n) is 7.23. The monoisotopic (exact) mass is 434 g/mol. The number of carbonyl (C=O) groups excluding carboxylic acids is 2. The average molecular weight is 434 g/mol. The van der Waals surface area contributed by atoms with Gasteiger partial charge < -0.3 is 24.5 Å². The van der Waals surface area contributed by atoms with E-state index in [1.54, 1.807) is 56.5 Å². The van der Waals surface area contributed by atoms with Crippen molar-refractivity contribution in [3.05, 3.63) is 89.5 Å². The highest BCUT2D eigenvalue weighted by molar-refractivity contribution is 6.05. The molecular weight excluding hydrogens is 408 g/mol. The predicted molar refractivity (Wildman–Crippen MR) is 121 cm³/mol. The van der Waals surface area contributed by atoms with Gasteiger partial charge in [0.15, 0.2) is 11.5 Å². The number of amides is 2. The minimum Gasteiger partial charge on any atom is -0.493 e. The van der Waals surface area contributed by atoms with Gasteiger partial charge in [-0.05, 0) is 50.2 Å². The number of furan rings is 1. The van der Waals surface area contributed by atoms with Crippen LogP contribution in [0, 0.1) is 6.92 Å². The lowest BCUT2D eigenvalue weighted by molar-refractivity contribution is -0.118. The Labute approximate surface area is 187 Å². The molecule has 2 aromatic carbocycles. The van der Waals surface area contributed by atoms with Crippen molar-refractivity contribution < 1.29 is 23.5 Å². The minimum atomic E-state index is -0.460. The minimum absolute atomic E-state index is 0.0654. The van der Waals surface area contributed by atoms with E-state index in [0.29, 0.717) is 22.8 Å². The molecule has 3 rings (SSSR count). The van der Waals surface area contributed by atoms with Crippen LogP contribution in [-0.2, 0) is 4.79 Å². The summed E-state index contributed by atoms with van der Waals surface area (Å²) in [4.78, 5) is 25.6. The highest BCUT2D eigenvalue weighted by atomic mass is 16.5. The maximum atomic E-state index is 12.9. The molecule has 1 atom stereocenters. The van der Waals surface area contributed by atoms with Crippen molar-refractivity contribution in [3.8, 4) is 11.5 Å². The quantitative estimate of drug-likeness (QED) is 0.498. The molecule has 1 heterocycles. The van der Waals surface area contributed by atoms with Gasteiger partial charge in [-0.1, -0.05) is 29.8 Å². The standard InChI is InChI=1S/C25H26N2O5/c1-17-8-6-9-19(14-17)24(28)27-21(15-20-10-7-13-31-20)25(29)26-18(2)16-32-23-12-5-4-11-22(23)30-3/h4-15,18H,16H2,1-3H3,(H,26,29)(H,27,28)/b21-15-. The van der Waals surface area contributed by atoms with Crippen LogP contribution in [0.2, 0.25) is 0 Å². The average Bonchev–Trinajstić information content (AvgIpc) is 3.30. The molecule has 0 aliphatic rings. The maximum Gasteiger partial charge on any atom is 0.268 e. The first-order valence-corrected chi connectivity index (χ1v) is 10.2. The number of methoxy groups -OCH3 is 1. The summed E-state index contributed by atoms with van der Waals surface area (Å²) >= 11 is 0. The number of hydrogen-bond acceptors (Lipinski definition) is 5. The number of para-hydroxylation sites is 2. The molecule has 2 amide bonds. The number of ether oxygens (including phenoxy) is 2. The third-order valence-electron chi connectivity index (χ3n) is 4.54. The van der Waals surface area contributed by atoms with E-state index in [9.17, 15) is 9.59 Å². The lowest BCUT2D eigenvalue weighted by atomic mass is 10.1. The highest BCUT2D eigenvalue weighted by Crippen LogP contribution is 2.25. The third kappa shape index (κ3) is 6.25. The summed E-state index contributed by atoms with van der Waals surface area (Å²) in [7, 11) is 1.57. The van der Waals surface area contributed by atoms with Gasteiger partial charge in [0.1, 0.15) is 18.1 Å². The molecule has 2 N–H and O–H groups in total. The fourth-order valence-electron chi connectivity index (χ4n) is 2.95. The zero-order valence-corrected chi connectivity index (χ0v) is 18.3. The van der Waals surface area contributed by atoms with E-state index in [-0.39, 0.29) is 24.3 Å². The first-order chi connectivity index (χ1) is 15.5. The number of nitrogens with one attached hydrogen (secondary N) is 2. The Morgan fingerprint density at radius 2 is 1.84 bits per heavy atom. The van der Waals surface area contributed by atoms with E-state index in [1.165, 1.54) is 12.3 Å². The zero-order chi connectivity index (χ0) is 22.9. The van der Waals surface area contributed by atoms with Crippen LogP contribution in [0.3, 0.4) is 0 Å². The van der Waals surface area contributed by atoms with Crippen LogP contribution >= 0.6 is 0 Å². The lowest BCUT2D eigenvalue weighted by Crippen LogP contribution is -2.41. The van der Waals surface area contributed by atoms with Gasteiger partial charge in [-0.2, -0.15) is 0 Å². The predicted octanol–water partition coefficient (Wildman–Crippen LogP) is 3.95. The van der Waals surface area contributed by atoms with Crippen molar-refractivity contribution in [3.63, 3.8) is 0 Å². The highest BCUT2D eigenvalue weighted by Gasteiger charge is 2.18. The van der Waals surface area contributed by atoms with Gasteiger partial charge in [-0.15, -0.1) is 0 Å². The molecule has 7 nitrogen and oxygen atoms in total. The molecule has 0 aliphatic heterocycles. The molecule has 1 aromatic heterocycles. The molecule has 166 valence electrons. The summed E-state index contributed by atoms with van der Waals surface area (Å²) in [5, 5.41) is 5.52. The number of aryl methyl sites for hydroxylation is 1. The molecule has 0 radical (unpaired) electrons. The van der Waals surface area contributed by atoms with E-state index >= 15 is 0 Å². The Hall–Kier alpha value is -4.00. The second kappa shape index (κ2) is 10.9. The van der Waals surface area contributed by atoms with Gasteiger partial charge in [-0.3, -0.25) is 9.59 Å². The number of benzene rings is 2. The zero-order valence-electron chi connectivity index (χ0n) is 18.3. The van der Waals surface area contributed by atoms with Gasteiger partial charge in [0, 0.05) is 11.6 Å². The van der Waals surface area contributed by atoms with Gasteiger partial charge in [-0.25, -0.2) is 0 Å². The molecule has 3 aromatic rings. The number of hydrogen-bond donors (Lipinski definition) is 2. The number of rotatable bonds is 9. The van der Waals surface area contributed by atoms with Crippen LogP contribution in [0.25, 0.3) is 6.08 Å². The molecule has 0 saturated heterocycles. The number of carbonyl (C=O) groups is 2. The van der Waals surface area contributed by atoms with Crippen molar-refractivity contribution in [1.29, 1.82) is 0 Å². The van der Waals surface area contributed by atoms with Gasteiger partial charge in [0.2, 0.25) is 0 Å². The SMILES string of the molecule is COc1ccccc1OCC(C)NC(=O)/C(=C/c1ccco1)NC(=O)c1cccc(C)c1. The van der Waals surface area contributed by atoms with E-state index < -0.39 is 5.91 Å². The van der Waals surface area contributed by atoms with E-state index in [0.717, 1.165) is 5.56 Å². The largest absolute Gasteiger partial charge is 0.493 e. The first kappa shape index (κ1) is 22.7. The molecule has 1 unspecified atom stereocenters. The summed E-state index contributed by atoms with van der Waals surface area (Å²) < 4.78 is 16.4. The summed E-state index contributed by atoms with van der Waals surface area (Å²) in [5.74, 6) is 0.778. The Morgan fingerprint density at radius 1 is 1.06 bits per heavy atom. The fourth-order valence-corrected chi connectivity index (χ4v) is 2.95. The molecule has 0 bridgehead atoms. The molecule has 0 fully saturated rings. The van der Waals surface area contributed by atoms with Gasteiger partial charge >= 0.3 is 0 Å². The summed E-state index contributed by atoms with van der Waals surface area (Å²) in [6, 6.07) is 17.4. The third-order valence-corrected chi connectivity index (χ3v) is 4.54. The molecule has 7 heteroatoms. The normalized spacial score (nSPS) is 12.0. The lowest BCUT2D eigenvalue weighted by Gasteiger charge is -2.18. The Morgan fingerprint density at radius 3 is 2.53 bits per heavy atom. The van der Waals surface area contributed by atoms with Crippen LogP contribution < -0.4 is 20.1 Å². The van der Waals surface area contributed by atoms with E-state index in [2.05, 4.69) is 10.6 Å². The van der Waals surface area contributed by atoms with Crippen molar-refractivity contribution in [2.75, 3.05) is 13.7 Å². The summed E-state index contributed by atoms with van der Waals surface area (Å²) in [6.45, 7) is 3.92. The van der Waals surface area contributed by atoms with Gasteiger partial charge in [0.05, 0.1) is 19.4 Å². The fraction of sp³-hybridized carbons (Fsp3) is 0.200. The van der Waals surface area contributed by atoms with Crippen molar-refractivity contribution in [2.24, 2.45) is 0 Å². The molecule has 0 saturated carbocycles. The maximum absolute atomic E-state index is 12.9. The van der Waals surface area contributed by atoms with E-state index in [1.807, 2.05) is 25.1 Å². The second-order valence-corrected chi connectivity index (χ2v) is 7.23. The molecular formula is C25H26N2O5.